The van der Waals surface area contributed by atoms with Gasteiger partial charge in [0, 0.05) is 12.8 Å². The fraction of sp³-hybridized carbons (Fsp3) is 0.250. The first-order valence-electron chi connectivity index (χ1n) is 8.55. The van der Waals surface area contributed by atoms with E-state index in [9.17, 15) is 9.59 Å². The molecule has 0 radical (unpaired) electrons. The Hall–Kier alpha value is -2.66. The van der Waals surface area contributed by atoms with Crippen molar-refractivity contribution >= 4 is 34.8 Å². The monoisotopic (exact) mass is 371 g/mol. The van der Waals surface area contributed by atoms with Crippen LogP contribution in [0.15, 0.2) is 59.7 Å². The molecule has 0 aromatic heterocycles. The second kappa shape index (κ2) is 10.4. The second-order valence-electron chi connectivity index (χ2n) is 5.74. The Balaban J connectivity index is 1.85. The van der Waals surface area contributed by atoms with E-state index in [-0.39, 0.29) is 24.7 Å². The van der Waals surface area contributed by atoms with Crippen molar-refractivity contribution in [2.24, 2.45) is 5.10 Å². The van der Waals surface area contributed by atoms with E-state index in [1.54, 1.807) is 24.3 Å². The van der Waals surface area contributed by atoms with Crippen LogP contribution in [0.3, 0.4) is 0 Å². The van der Waals surface area contributed by atoms with E-state index >= 15 is 0 Å². The van der Waals surface area contributed by atoms with E-state index in [0.717, 1.165) is 24.1 Å². The molecule has 0 spiro atoms. The van der Waals surface area contributed by atoms with Gasteiger partial charge < -0.3 is 5.32 Å². The highest BCUT2D eigenvalue weighted by Crippen LogP contribution is 2.20. The van der Waals surface area contributed by atoms with Gasteiger partial charge in [-0.3, -0.25) is 9.59 Å². The summed E-state index contributed by atoms with van der Waals surface area (Å²) in [6.07, 6.45) is 1.79. The second-order valence-corrected chi connectivity index (χ2v) is 6.14. The lowest BCUT2D eigenvalue weighted by Crippen LogP contribution is -2.22. The van der Waals surface area contributed by atoms with Crippen LogP contribution in [-0.2, 0) is 9.59 Å². The number of rotatable bonds is 8. The molecule has 0 unspecified atom stereocenters. The summed E-state index contributed by atoms with van der Waals surface area (Å²) in [5.41, 5.74) is 4.87. The molecule has 0 saturated carbocycles. The Morgan fingerprint density at radius 2 is 1.58 bits per heavy atom. The van der Waals surface area contributed by atoms with Crippen molar-refractivity contribution in [3.63, 3.8) is 0 Å². The van der Waals surface area contributed by atoms with E-state index in [0.29, 0.717) is 10.7 Å². The number of nitrogens with one attached hydrogen (secondary N) is 2. The summed E-state index contributed by atoms with van der Waals surface area (Å²) in [5.74, 6) is -0.571. The molecular formula is C20H22ClN3O2. The largest absolute Gasteiger partial charge is 0.325 e. The third kappa shape index (κ3) is 6.33. The molecule has 0 aliphatic rings. The quantitative estimate of drug-likeness (QED) is 0.534. The van der Waals surface area contributed by atoms with Gasteiger partial charge >= 0.3 is 0 Å². The number of para-hydroxylation sites is 1. The number of nitrogens with zero attached hydrogens (tertiary/aromatic N) is 1. The van der Waals surface area contributed by atoms with Gasteiger partial charge in [0.05, 0.1) is 16.4 Å². The van der Waals surface area contributed by atoms with Crippen LogP contribution < -0.4 is 10.7 Å². The topological polar surface area (TPSA) is 70.6 Å². The third-order valence-corrected chi connectivity index (χ3v) is 3.97. The summed E-state index contributed by atoms with van der Waals surface area (Å²) in [5, 5.41) is 7.37. The molecule has 0 aliphatic carbocycles. The highest BCUT2D eigenvalue weighted by Gasteiger charge is 2.09. The minimum atomic E-state index is -0.302. The number of carbonyl (C=O) groups is 2. The molecule has 0 saturated heterocycles. The fourth-order valence-electron chi connectivity index (χ4n) is 2.32. The lowest BCUT2D eigenvalue weighted by atomic mass is 10.1. The van der Waals surface area contributed by atoms with Crippen LogP contribution in [0.25, 0.3) is 0 Å². The predicted octanol–water partition coefficient (Wildman–Crippen LogP) is 4.38. The van der Waals surface area contributed by atoms with Crippen LogP contribution in [0.4, 0.5) is 5.69 Å². The van der Waals surface area contributed by atoms with Crippen LogP contribution in [0, 0.1) is 0 Å². The number of amides is 2. The molecule has 2 aromatic rings. The number of hydrogen-bond acceptors (Lipinski definition) is 3. The molecule has 2 rings (SSSR count). The molecule has 2 aromatic carbocycles. The van der Waals surface area contributed by atoms with E-state index in [1.165, 1.54) is 0 Å². The van der Waals surface area contributed by atoms with Gasteiger partial charge in [0.25, 0.3) is 0 Å². The molecule has 0 aliphatic heterocycles. The zero-order valence-corrected chi connectivity index (χ0v) is 15.4. The first-order chi connectivity index (χ1) is 12.6. The van der Waals surface area contributed by atoms with Gasteiger partial charge in [0.2, 0.25) is 11.8 Å². The average molecular weight is 372 g/mol. The van der Waals surface area contributed by atoms with Gasteiger partial charge in [0.1, 0.15) is 0 Å². The zero-order chi connectivity index (χ0) is 18.8. The fourth-order valence-corrected chi connectivity index (χ4v) is 2.50. The summed E-state index contributed by atoms with van der Waals surface area (Å²) < 4.78 is 0. The van der Waals surface area contributed by atoms with Gasteiger partial charge in [-0.25, -0.2) is 5.43 Å². The van der Waals surface area contributed by atoms with E-state index in [4.69, 9.17) is 11.6 Å². The van der Waals surface area contributed by atoms with Crippen LogP contribution in [0.5, 0.6) is 0 Å². The van der Waals surface area contributed by atoms with Crippen molar-refractivity contribution in [3.05, 3.63) is 65.2 Å². The molecule has 2 N–H and O–H groups in total. The lowest BCUT2D eigenvalue weighted by Gasteiger charge is -2.08. The molecule has 2 amide bonds. The van der Waals surface area contributed by atoms with Crippen LogP contribution in [0.1, 0.15) is 38.2 Å². The molecule has 6 heteroatoms. The van der Waals surface area contributed by atoms with E-state index in [2.05, 4.69) is 22.8 Å². The van der Waals surface area contributed by atoms with Crippen LogP contribution >= 0.6 is 11.6 Å². The highest BCUT2D eigenvalue weighted by atomic mass is 35.5. The molecule has 0 fully saturated rings. The number of anilines is 1. The van der Waals surface area contributed by atoms with Gasteiger partial charge in [-0.05, 0) is 24.1 Å². The van der Waals surface area contributed by atoms with Crippen molar-refractivity contribution in [2.45, 2.75) is 32.6 Å². The third-order valence-electron chi connectivity index (χ3n) is 3.64. The summed E-state index contributed by atoms with van der Waals surface area (Å²) in [6.45, 7) is 2.05. The number of carbonyl (C=O) groups excluding carboxylic acids is 2. The highest BCUT2D eigenvalue weighted by molar-refractivity contribution is 6.33. The number of hydrogen-bond donors (Lipinski definition) is 2. The van der Waals surface area contributed by atoms with Crippen LogP contribution in [-0.4, -0.2) is 17.5 Å². The number of benzene rings is 2. The summed E-state index contributed by atoms with van der Waals surface area (Å²) in [4.78, 5) is 23.9. The van der Waals surface area contributed by atoms with Crippen molar-refractivity contribution in [1.82, 2.24) is 5.43 Å². The summed E-state index contributed by atoms with van der Waals surface area (Å²) >= 11 is 5.99. The maximum Gasteiger partial charge on any atom is 0.240 e. The Morgan fingerprint density at radius 1 is 0.923 bits per heavy atom. The molecular weight excluding hydrogens is 350 g/mol. The Morgan fingerprint density at radius 3 is 2.27 bits per heavy atom. The van der Waals surface area contributed by atoms with Gasteiger partial charge in [-0.1, -0.05) is 67.4 Å². The molecule has 0 heterocycles. The van der Waals surface area contributed by atoms with Gasteiger partial charge in [-0.15, -0.1) is 0 Å². The maximum atomic E-state index is 12.0. The lowest BCUT2D eigenvalue weighted by molar-refractivity contribution is -0.124. The average Bonchev–Trinajstić information content (AvgIpc) is 2.66. The van der Waals surface area contributed by atoms with Crippen LogP contribution in [0.2, 0.25) is 5.02 Å². The van der Waals surface area contributed by atoms with Crippen molar-refractivity contribution < 1.29 is 9.59 Å². The molecule has 136 valence electrons. The van der Waals surface area contributed by atoms with Crippen molar-refractivity contribution in [1.29, 1.82) is 0 Å². The molecule has 0 bridgehead atoms. The maximum absolute atomic E-state index is 12.0. The normalized spacial score (nSPS) is 11.1. The SMILES string of the molecule is CCC/C(=N\NC(=O)CCC(=O)Nc1ccccc1Cl)c1ccccc1. The van der Waals surface area contributed by atoms with E-state index in [1.807, 2.05) is 30.3 Å². The van der Waals surface area contributed by atoms with Gasteiger partial charge in [-0.2, -0.15) is 5.10 Å². The standard InChI is InChI=1S/C20H22ClN3O2/c1-2-8-17(15-9-4-3-5-10-15)23-24-20(26)14-13-19(25)22-18-12-7-6-11-16(18)21/h3-7,9-12H,2,8,13-14H2,1H3,(H,22,25)(H,24,26)/b23-17+. The minimum Gasteiger partial charge on any atom is -0.325 e. The van der Waals surface area contributed by atoms with E-state index < -0.39 is 0 Å². The Kier molecular flexibility index (Phi) is 7.83. The molecule has 26 heavy (non-hydrogen) atoms. The Bertz CT molecular complexity index is 776. The first-order valence-corrected chi connectivity index (χ1v) is 8.93. The summed E-state index contributed by atoms with van der Waals surface area (Å²) in [6, 6.07) is 16.7. The summed E-state index contributed by atoms with van der Waals surface area (Å²) in [7, 11) is 0. The number of halogens is 1. The predicted molar refractivity (Wildman–Crippen MR) is 105 cm³/mol. The molecule has 5 nitrogen and oxygen atoms in total. The Labute approximate surface area is 158 Å². The smallest absolute Gasteiger partial charge is 0.240 e. The van der Waals surface area contributed by atoms with Crippen molar-refractivity contribution in [3.8, 4) is 0 Å². The number of hydrazone groups is 1. The zero-order valence-electron chi connectivity index (χ0n) is 14.7. The van der Waals surface area contributed by atoms with Gasteiger partial charge in [0.15, 0.2) is 0 Å². The minimum absolute atomic E-state index is 0.0496. The first kappa shape index (κ1) is 19.7. The van der Waals surface area contributed by atoms with Crippen molar-refractivity contribution in [2.75, 3.05) is 5.32 Å². The molecule has 0 atom stereocenters.